The number of halogens is 1. The van der Waals surface area contributed by atoms with Gasteiger partial charge in [-0.25, -0.2) is 9.67 Å². The summed E-state index contributed by atoms with van der Waals surface area (Å²) in [5, 5.41) is 4.99. The molecule has 3 nitrogen and oxygen atoms in total. The highest BCUT2D eigenvalue weighted by atomic mass is 35.5. The van der Waals surface area contributed by atoms with Crippen LogP contribution in [0.1, 0.15) is 32.3 Å². The molecule has 1 aromatic carbocycles. The van der Waals surface area contributed by atoms with Crippen LogP contribution in [0.5, 0.6) is 0 Å². The Morgan fingerprint density at radius 1 is 1.24 bits per heavy atom. The Bertz CT molecular complexity index is 474. The lowest BCUT2D eigenvalue weighted by Crippen LogP contribution is -2.32. The summed E-state index contributed by atoms with van der Waals surface area (Å²) >= 11 is 5.90. The Kier molecular flexibility index (Phi) is 3.20. The third-order valence-corrected chi connectivity index (χ3v) is 3.69. The molecule has 1 atom stereocenters. The average molecular weight is 250 g/mol. The van der Waals surface area contributed by atoms with Gasteiger partial charge in [0, 0.05) is 10.9 Å². The topological polar surface area (TPSA) is 30.7 Å². The van der Waals surface area contributed by atoms with Gasteiger partial charge in [-0.3, -0.25) is 0 Å². The Balaban J connectivity index is 2.31. The van der Waals surface area contributed by atoms with Crippen molar-refractivity contribution < 1.29 is 0 Å². The summed E-state index contributed by atoms with van der Waals surface area (Å²) in [6.07, 6.45) is 3.32. The largest absolute Gasteiger partial charge is 0.247 e. The predicted octanol–water partition coefficient (Wildman–Crippen LogP) is 3.47. The molecule has 0 amide bonds. The van der Waals surface area contributed by atoms with Gasteiger partial charge < -0.3 is 0 Å². The van der Waals surface area contributed by atoms with Gasteiger partial charge in [0.15, 0.2) is 0 Å². The Morgan fingerprint density at radius 3 is 2.41 bits per heavy atom. The van der Waals surface area contributed by atoms with E-state index in [-0.39, 0.29) is 5.54 Å². The molecule has 4 heteroatoms. The van der Waals surface area contributed by atoms with Gasteiger partial charge in [-0.15, -0.1) is 0 Å². The fourth-order valence-electron chi connectivity index (χ4n) is 1.86. The van der Waals surface area contributed by atoms with Gasteiger partial charge in [0.25, 0.3) is 0 Å². The molecule has 1 aromatic heterocycles. The molecule has 0 spiro atoms. The van der Waals surface area contributed by atoms with Gasteiger partial charge in [0.05, 0.1) is 5.54 Å². The number of hydrogen-bond donors (Lipinski definition) is 0. The molecule has 90 valence electrons. The molecular weight excluding hydrogens is 234 g/mol. The van der Waals surface area contributed by atoms with Crippen LogP contribution in [0.25, 0.3) is 0 Å². The molecule has 0 aliphatic heterocycles. The van der Waals surface area contributed by atoms with Crippen LogP contribution in [0.3, 0.4) is 0 Å². The van der Waals surface area contributed by atoms with E-state index in [0.717, 1.165) is 5.02 Å². The van der Waals surface area contributed by atoms with E-state index in [2.05, 4.69) is 43.0 Å². The van der Waals surface area contributed by atoms with Crippen molar-refractivity contribution in [1.29, 1.82) is 0 Å². The Hall–Kier alpha value is -1.35. The van der Waals surface area contributed by atoms with Gasteiger partial charge in [-0.1, -0.05) is 30.7 Å². The first-order valence-electron chi connectivity index (χ1n) is 5.62. The van der Waals surface area contributed by atoms with Crippen molar-refractivity contribution in [3.05, 3.63) is 47.5 Å². The minimum atomic E-state index is -0.121. The SMILES string of the molecule is CC(c1ccc(Cl)cc1)C(C)(C)n1cncn1. The van der Waals surface area contributed by atoms with Gasteiger partial charge >= 0.3 is 0 Å². The van der Waals surface area contributed by atoms with Crippen molar-refractivity contribution in [2.24, 2.45) is 0 Å². The molecule has 0 fully saturated rings. The Labute approximate surface area is 106 Å². The van der Waals surface area contributed by atoms with Gasteiger partial charge in [0.2, 0.25) is 0 Å². The summed E-state index contributed by atoms with van der Waals surface area (Å²) in [7, 11) is 0. The second kappa shape index (κ2) is 4.49. The summed E-state index contributed by atoms with van der Waals surface area (Å²) in [6.45, 7) is 6.49. The zero-order valence-electron chi connectivity index (χ0n) is 10.3. The zero-order chi connectivity index (χ0) is 12.5. The molecule has 0 aliphatic rings. The van der Waals surface area contributed by atoms with Crippen molar-refractivity contribution >= 4 is 11.6 Å². The van der Waals surface area contributed by atoms with E-state index >= 15 is 0 Å². The average Bonchev–Trinajstić information content (AvgIpc) is 2.83. The van der Waals surface area contributed by atoms with E-state index in [9.17, 15) is 0 Å². The first kappa shape index (κ1) is 12.1. The van der Waals surface area contributed by atoms with Crippen LogP contribution in [-0.4, -0.2) is 14.8 Å². The maximum atomic E-state index is 5.90. The third kappa shape index (κ3) is 2.34. The summed E-state index contributed by atoms with van der Waals surface area (Å²) in [4.78, 5) is 4.01. The third-order valence-electron chi connectivity index (χ3n) is 3.44. The van der Waals surface area contributed by atoms with E-state index in [1.54, 1.807) is 12.7 Å². The molecule has 0 bridgehead atoms. The smallest absolute Gasteiger partial charge is 0.137 e. The maximum Gasteiger partial charge on any atom is 0.137 e. The molecule has 0 saturated carbocycles. The monoisotopic (exact) mass is 249 g/mol. The second-order valence-corrected chi connectivity index (χ2v) is 5.20. The highest BCUT2D eigenvalue weighted by Gasteiger charge is 2.29. The number of hydrogen-bond acceptors (Lipinski definition) is 2. The van der Waals surface area contributed by atoms with Gasteiger partial charge in [0.1, 0.15) is 12.7 Å². The van der Waals surface area contributed by atoms with Crippen molar-refractivity contribution in [3.8, 4) is 0 Å². The fourth-order valence-corrected chi connectivity index (χ4v) is 1.99. The molecule has 0 radical (unpaired) electrons. The molecule has 17 heavy (non-hydrogen) atoms. The fraction of sp³-hybridized carbons (Fsp3) is 0.385. The predicted molar refractivity (Wildman–Crippen MR) is 69.2 cm³/mol. The van der Waals surface area contributed by atoms with Crippen molar-refractivity contribution in [2.45, 2.75) is 32.2 Å². The van der Waals surface area contributed by atoms with E-state index < -0.39 is 0 Å². The van der Waals surface area contributed by atoms with Crippen LogP contribution in [0.2, 0.25) is 5.02 Å². The van der Waals surface area contributed by atoms with E-state index in [0.29, 0.717) is 5.92 Å². The lowest BCUT2D eigenvalue weighted by atomic mass is 9.83. The lowest BCUT2D eigenvalue weighted by molar-refractivity contribution is 0.266. The van der Waals surface area contributed by atoms with Gasteiger partial charge in [-0.2, -0.15) is 5.10 Å². The molecule has 0 saturated heterocycles. The van der Waals surface area contributed by atoms with Crippen LogP contribution in [0.4, 0.5) is 0 Å². The lowest BCUT2D eigenvalue weighted by Gasteiger charge is -2.32. The summed E-state index contributed by atoms with van der Waals surface area (Å²) in [5.41, 5.74) is 1.12. The van der Waals surface area contributed by atoms with Crippen molar-refractivity contribution in [2.75, 3.05) is 0 Å². The first-order valence-corrected chi connectivity index (χ1v) is 6.00. The van der Waals surface area contributed by atoms with E-state index in [1.165, 1.54) is 5.56 Å². The number of benzene rings is 1. The summed E-state index contributed by atoms with van der Waals surface area (Å²) in [6, 6.07) is 7.97. The number of aromatic nitrogens is 3. The number of nitrogens with zero attached hydrogens (tertiary/aromatic N) is 3. The van der Waals surface area contributed by atoms with Gasteiger partial charge in [-0.05, 0) is 31.5 Å². The minimum Gasteiger partial charge on any atom is -0.247 e. The summed E-state index contributed by atoms with van der Waals surface area (Å²) < 4.78 is 1.90. The molecule has 1 unspecified atom stereocenters. The van der Waals surface area contributed by atoms with E-state index in [4.69, 9.17) is 11.6 Å². The minimum absolute atomic E-state index is 0.121. The van der Waals surface area contributed by atoms with Crippen LogP contribution in [-0.2, 0) is 5.54 Å². The second-order valence-electron chi connectivity index (χ2n) is 4.77. The van der Waals surface area contributed by atoms with Crippen molar-refractivity contribution in [1.82, 2.24) is 14.8 Å². The molecule has 0 aliphatic carbocycles. The number of rotatable bonds is 3. The Morgan fingerprint density at radius 2 is 1.88 bits per heavy atom. The van der Waals surface area contributed by atoms with Crippen molar-refractivity contribution in [3.63, 3.8) is 0 Å². The van der Waals surface area contributed by atoms with Crippen LogP contribution in [0.15, 0.2) is 36.9 Å². The molecular formula is C13H16ClN3. The molecule has 2 aromatic rings. The van der Waals surface area contributed by atoms with Crippen LogP contribution in [0, 0.1) is 0 Å². The van der Waals surface area contributed by atoms with Crippen LogP contribution < -0.4 is 0 Å². The standard InChI is InChI=1S/C13H16ClN3/c1-10(11-4-6-12(14)7-5-11)13(2,3)17-9-15-8-16-17/h4-10H,1-3H3. The highest BCUT2D eigenvalue weighted by molar-refractivity contribution is 6.30. The van der Waals surface area contributed by atoms with Crippen LogP contribution >= 0.6 is 11.6 Å². The quantitative estimate of drug-likeness (QED) is 0.834. The molecule has 2 rings (SSSR count). The normalized spacial score (nSPS) is 13.6. The highest BCUT2D eigenvalue weighted by Crippen LogP contribution is 2.33. The first-order chi connectivity index (χ1) is 8.01. The molecule has 1 heterocycles. The zero-order valence-corrected chi connectivity index (χ0v) is 11.0. The molecule has 0 N–H and O–H groups in total. The summed E-state index contributed by atoms with van der Waals surface area (Å²) in [5.74, 6) is 0.321. The van der Waals surface area contributed by atoms with E-state index in [1.807, 2.05) is 16.8 Å². The maximum absolute atomic E-state index is 5.90.